The zero-order valence-corrected chi connectivity index (χ0v) is 18.4. The number of rotatable bonds is 4. The van der Waals surface area contributed by atoms with Crippen LogP contribution in [0.5, 0.6) is 0 Å². The highest BCUT2D eigenvalue weighted by Crippen LogP contribution is 2.25. The summed E-state index contributed by atoms with van der Waals surface area (Å²) in [5.41, 5.74) is 2.96. The zero-order chi connectivity index (χ0) is 20.7. The highest BCUT2D eigenvalue weighted by molar-refractivity contribution is 7.98. The van der Waals surface area contributed by atoms with Crippen LogP contribution >= 0.6 is 35.0 Å². The Bertz CT molecular complexity index is 1050. The number of primary sulfonamides is 1. The lowest BCUT2D eigenvalue weighted by Gasteiger charge is -2.04. The van der Waals surface area contributed by atoms with E-state index in [0.717, 1.165) is 10.8 Å². The molecule has 0 atom stereocenters. The van der Waals surface area contributed by atoms with Crippen molar-refractivity contribution in [3.63, 3.8) is 0 Å². The average Bonchev–Trinajstić information content (AvgIpc) is 2.65. The van der Waals surface area contributed by atoms with E-state index in [2.05, 4.69) is 29.0 Å². The fourth-order valence-electron chi connectivity index (χ4n) is 2.14. The molecule has 148 valence electrons. The highest BCUT2D eigenvalue weighted by atomic mass is 35.5. The molecule has 0 amide bonds. The lowest BCUT2D eigenvalue weighted by molar-refractivity contribution is 0.593. The standard InChI is InChI=1S/C13H12ClNS.C6H7ClN2O2S/c1-10-7-8-12(14)15-13(10)16-9-11-5-3-2-4-6-11;1-4-2-3-5(7)9-6(4)12(8,10)11/h2-8H,9H2,1H3;2-3H,1H3,(H2,8,10,11). The molecule has 28 heavy (non-hydrogen) atoms. The Hall–Kier alpha value is -1.64. The lowest BCUT2D eigenvalue weighted by atomic mass is 10.2. The summed E-state index contributed by atoms with van der Waals surface area (Å²) in [5.74, 6) is 0.926. The van der Waals surface area contributed by atoms with Gasteiger partial charge in [-0.3, -0.25) is 0 Å². The van der Waals surface area contributed by atoms with E-state index >= 15 is 0 Å². The second kappa shape index (κ2) is 10.2. The number of aromatic nitrogens is 2. The summed E-state index contributed by atoms with van der Waals surface area (Å²) in [5, 5.41) is 6.39. The first-order chi connectivity index (χ1) is 13.2. The van der Waals surface area contributed by atoms with E-state index < -0.39 is 10.0 Å². The van der Waals surface area contributed by atoms with Crippen molar-refractivity contribution in [2.24, 2.45) is 5.14 Å². The second-order valence-corrected chi connectivity index (χ2v) is 9.05. The molecule has 3 aromatic rings. The van der Waals surface area contributed by atoms with Crippen LogP contribution in [-0.4, -0.2) is 18.4 Å². The molecule has 3 rings (SSSR count). The first kappa shape index (κ1) is 22.6. The maximum Gasteiger partial charge on any atom is 0.255 e. The summed E-state index contributed by atoms with van der Waals surface area (Å²) >= 11 is 13.1. The number of nitrogens with two attached hydrogens (primary N) is 1. The van der Waals surface area contributed by atoms with Gasteiger partial charge < -0.3 is 0 Å². The van der Waals surface area contributed by atoms with Crippen molar-refractivity contribution < 1.29 is 8.42 Å². The molecule has 0 saturated heterocycles. The molecule has 0 unspecified atom stereocenters. The third-order valence-electron chi connectivity index (χ3n) is 3.52. The van der Waals surface area contributed by atoms with Crippen LogP contribution in [0.4, 0.5) is 0 Å². The van der Waals surface area contributed by atoms with Crippen molar-refractivity contribution in [3.8, 4) is 0 Å². The number of hydrogen-bond acceptors (Lipinski definition) is 5. The van der Waals surface area contributed by atoms with Gasteiger partial charge in [-0.1, -0.05) is 65.7 Å². The topological polar surface area (TPSA) is 85.9 Å². The first-order valence-electron chi connectivity index (χ1n) is 8.12. The number of pyridine rings is 2. The predicted molar refractivity (Wildman–Crippen MR) is 115 cm³/mol. The van der Waals surface area contributed by atoms with Crippen LogP contribution < -0.4 is 5.14 Å². The number of thioether (sulfide) groups is 1. The molecule has 0 aliphatic carbocycles. The van der Waals surface area contributed by atoms with Crippen LogP contribution in [0.2, 0.25) is 10.3 Å². The van der Waals surface area contributed by atoms with Crippen LogP contribution in [0.15, 0.2) is 64.6 Å². The van der Waals surface area contributed by atoms with Gasteiger partial charge in [-0.05, 0) is 42.7 Å². The van der Waals surface area contributed by atoms with Gasteiger partial charge >= 0.3 is 0 Å². The molecule has 0 fully saturated rings. The lowest BCUT2D eigenvalue weighted by Crippen LogP contribution is -2.15. The SMILES string of the molecule is Cc1ccc(Cl)nc1S(N)(=O)=O.Cc1ccc(Cl)nc1SCc1ccccc1. The van der Waals surface area contributed by atoms with E-state index in [-0.39, 0.29) is 10.2 Å². The fourth-order valence-corrected chi connectivity index (χ4v) is 4.23. The minimum Gasteiger partial charge on any atom is -0.230 e. The van der Waals surface area contributed by atoms with Crippen molar-refractivity contribution >= 4 is 45.0 Å². The average molecular weight is 456 g/mol. The maximum atomic E-state index is 10.9. The summed E-state index contributed by atoms with van der Waals surface area (Å²) < 4.78 is 21.7. The largest absolute Gasteiger partial charge is 0.255 e. The molecule has 0 aliphatic heterocycles. The first-order valence-corrected chi connectivity index (χ1v) is 11.4. The van der Waals surface area contributed by atoms with Crippen molar-refractivity contribution in [1.29, 1.82) is 0 Å². The molecule has 0 bridgehead atoms. The van der Waals surface area contributed by atoms with Crippen LogP contribution in [0.1, 0.15) is 16.7 Å². The van der Waals surface area contributed by atoms with E-state index in [1.807, 2.05) is 30.3 Å². The highest BCUT2D eigenvalue weighted by Gasteiger charge is 2.13. The van der Waals surface area contributed by atoms with Gasteiger partial charge in [-0.25, -0.2) is 23.5 Å². The maximum absolute atomic E-state index is 10.9. The van der Waals surface area contributed by atoms with Crippen LogP contribution in [-0.2, 0) is 15.8 Å². The Morgan fingerprint density at radius 2 is 1.46 bits per heavy atom. The molecule has 0 radical (unpaired) electrons. The van der Waals surface area contributed by atoms with E-state index in [1.165, 1.54) is 17.2 Å². The minimum absolute atomic E-state index is 0.115. The molecule has 9 heteroatoms. The normalized spacial score (nSPS) is 10.9. The van der Waals surface area contributed by atoms with Gasteiger partial charge in [0.1, 0.15) is 15.3 Å². The van der Waals surface area contributed by atoms with Crippen LogP contribution in [0.3, 0.4) is 0 Å². The molecule has 0 aliphatic rings. The number of benzene rings is 1. The summed E-state index contributed by atoms with van der Waals surface area (Å²) in [6, 6.07) is 17.2. The number of hydrogen-bond donors (Lipinski definition) is 1. The number of nitrogens with zero attached hydrogens (tertiary/aromatic N) is 2. The van der Waals surface area contributed by atoms with Gasteiger partial charge in [-0.15, -0.1) is 11.8 Å². The van der Waals surface area contributed by atoms with E-state index in [1.54, 1.807) is 24.8 Å². The second-order valence-electron chi connectivity index (χ2n) is 5.83. The molecule has 0 saturated carbocycles. The van der Waals surface area contributed by atoms with Gasteiger partial charge in [0.2, 0.25) is 0 Å². The number of aryl methyl sites for hydroxylation is 2. The molecule has 2 N–H and O–H groups in total. The molecule has 2 heterocycles. The molecule has 0 spiro atoms. The van der Waals surface area contributed by atoms with Crippen molar-refractivity contribution in [2.45, 2.75) is 29.7 Å². The minimum atomic E-state index is -3.75. The number of halogens is 2. The van der Waals surface area contributed by atoms with E-state index in [4.69, 9.17) is 28.3 Å². The van der Waals surface area contributed by atoms with Crippen molar-refractivity contribution in [2.75, 3.05) is 0 Å². The van der Waals surface area contributed by atoms with E-state index in [0.29, 0.717) is 10.7 Å². The van der Waals surface area contributed by atoms with Gasteiger partial charge in [0.05, 0.1) is 0 Å². The number of sulfonamides is 1. The quantitative estimate of drug-likeness (QED) is 0.440. The summed E-state index contributed by atoms with van der Waals surface area (Å²) in [6.45, 7) is 3.65. The fraction of sp³-hybridized carbons (Fsp3) is 0.158. The Labute approximate surface area is 179 Å². The summed E-state index contributed by atoms with van der Waals surface area (Å²) in [7, 11) is -3.75. The van der Waals surface area contributed by atoms with Gasteiger partial charge in [0, 0.05) is 5.75 Å². The van der Waals surface area contributed by atoms with Crippen LogP contribution in [0, 0.1) is 13.8 Å². The molecule has 5 nitrogen and oxygen atoms in total. The predicted octanol–water partition coefficient (Wildman–Crippen LogP) is 5.03. The van der Waals surface area contributed by atoms with Crippen molar-refractivity contribution in [3.05, 3.63) is 81.6 Å². The smallest absolute Gasteiger partial charge is 0.230 e. The van der Waals surface area contributed by atoms with Gasteiger partial charge in [-0.2, -0.15) is 0 Å². The summed E-state index contributed by atoms with van der Waals surface area (Å²) in [4.78, 5) is 7.91. The monoisotopic (exact) mass is 455 g/mol. The molecular formula is C19H19Cl2N3O2S2. The third-order valence-corrected chi connectivity index (χ3v) is 6.06. The summed E-state index contributed by atoms with van der Waals surface area (Å²) in [6.07, 6.45) is 0. The Morgan fingerprint density at radius 1 is 0.893 bits per heavy atom. The third kappa shape index (κ3) is 7.07. The van der Waals surface area contributed by atoms with Gasteiger partial charge in [0.15, 0.2) is 5.03 Å². The molecule has 1 aromatic carbocycles. The molecule has 2 aromatic heterocycles. The zero-order valence-electron chi connectivity index (χ0n) is 15.3. The van der Waals surface area contributed by atoms with Crippen LogP contribution in [0.25, 0.3) is 0 Å². The Balaban J connectivity index is 0.000000209. The van der Waals surface area contributed by atoms with E-state index in [9.17, 15) is 8.42 Å². The van der Waals surface area contributed by atoms with Gasteiger partial charge in [0.25, 0.3) is 10.0 Å². The Kier molecular flexibility index (Phi) is 8.27. The van der Waals surface area contributed by atoms with Crippen molar-refractivity contribution in [1.82, 2.24) is 9.97 Å². The Morgan fingerprint density at radius 3 is 2.04 bits per heavy atom. The molecular weight excluding hydrogens is 437 g/mol.